The Morgan fingerprint density at radius 2 is 2.38 bits per heavy atom. The molecule has 0 aliphatic carbocycles. The number of imidazole rings is 1. The lowest BCUT2D eigenvalue weighted by Crippen LogP contribution is -2.01. The number of hydrogen-bond acceptors (Lipinski definition) is 3. The van der Waals surface area contributed by atoms with E-state index in [9.17, 15) is 4.21 Å². The van der Waals surface area contributed by atoms with Crippen LogP contribution in [0.3, 0.4) is 0 Å². The maximum Gasteiger partial charge on any atom is 0.125 e. The molecule has 1 aromatic carbocycles. The Bertz CT molecular complexity index is 482. The predicted molar refractivity (Wildman–Crippen MR) is 64.7 cm³/mol. The lowest BCUT2D eigenvalue weighted by molar-refractivity contribution is 0.687. The van der Waals surface area contributed by atoms with Crippen LogP contribution in [0.2, 0.25) is 0 Å². The van der Waals surface area contributed by atoms with Crippen molar-refractivity contribution in [3.05, 3.63) is 42.5 Å². The van der Waals surface area contributed by atoms with E-state index in [2.05, 4.69) is 15.3 Å². The van der Waals surface area contributed by atoms with Gasteiger partial charge in [-0.2, -0.15) is 0 Å². The molecule has 1 atom stereocenters. The number of hydrogen-bond donors (Lipinski definition) is 2. The molecule has 16 heavy (non-hydrogen) atoms. The molecular weight excluding hydrogens is 222 g/mol. The van der Waals surface area contributed by atoms with E-state index in [0.717, 1.165) is 16.4 Å². The van der Waals surface area contributed by atoms with E-state index in [4.69, 9.17) is 0 Å². The van der Waals surface area contributed by atoms with Crippen molar-refractivity contribution in [3.8, 4) is 0 Å². The minimum atomic E-state index is -0.943. The highest BCUT2D eigenvalue weighted by Gasteiger charge is 1.99. The average Bonchev–Trinajstić information content (AvgIpc) is 2.79. The zero-order valence-electron chi connectivity index (χ0n) is 8.93. The summed E-state index contributed by atoms with van der Waals surface area (Å²) in [7, 11) is -0.943. The van der Waals surface area contributed by atoms with Crippen molar-refractivity contribution in [2.24, 2.45) is 0 Å². The van der Waals surface area contributed by atoms with Crippen LogP contribution in [0.4, 0.5) is 5.69 Å². The summed E-state index contributed by atoms with van der Waals surface area (Å²) in [6.45, 7) is 0.632. The zero-order chi connectivity index (χ0) is 11.4. The molecule has 1 aromatic heterocycles. The monoisotopic (exact) mass is 235 g/mol. The van der Waals surface area contributed by atoms with Crippen LogP contribution >= 0.6 is 0 Å². The molecule has 1 heterocycles. The van der Waals surface area contributed by atoms with Crippen LogP contribution in [0.1, 0.15) is 5.82 Å². The molecule has 84 valence electrons. The van der Waals surface area contributed by atoms with Crippen LogP contribution in [0.25, 0.3) is 0 Å². The Balaban J connectivity index is 2.04. The Morgan fingerprint density at radius 3 is 3.06 bits per heavy atom. The largest absolute Gasteiger partial charge is 0.378 e. The van der Waals surface area contributed by atoms with E-state index < -0.39 is 10.8 Å². The SMILES string of the molecule is CS(=O)c1cccc(NCc2ncc[nH]2)c1. The van der Waals surface area contributed by atoms with Gasteiger partial charge < -0.3 is 10.3 Å². The summed E-state index contributed by atoms with van der Waals surface area (Å²) in [6, 6.07) is 7.58. The Kier molecular flexibility index (Phi) is 3.36. The van der Waals surface area contributed by atoms with Crippen LogP contribution < -0.4 is 5.32 Å². The summed E-state index contributed by atoms with van der Waals surface area (Å²) in [5.41, 5.74) is 0.948. The molecule has 5 heteroatoms. The number of nitrogens with zero attached hydrogens (tertiary/aromatic N) is 1. The van der Waals surface area contributed by atoms with Gasteiger partial charge in [-0.15, -0.1) is 0 Å². The molecule has 0 amide bonds. The van der Waals surface area contributed by atoms with Crippen molar-refractivity contribution in [1.82, 2.24) is 9.97 Å². The van der Waals surface area contributed by atoms with Gasteiger partial charge in [-0.05, 0) is 18.2 Å². The molecule has 0 saturated heterocycles. The van der Waals surface area contributed by atoms with Gasteiger partial charge >= 0.3 is 0 Å². The van der Waals surface area contributed by atoms with Gasteiger partial charge in [-0.3, -0.25) is 4.21 Å². The van der Waals surface area contributed by atoms with E-state index in [0.29, 0.717) is 6.54 Å². The molecule has 2 N–H and O–H groups in total. The van der Waals surface area contributed by atoms with Crippen molar-refractivity contribution in [3.63, 3.8) is 0 Å². The molecule has 0 radical (unpaired) electrons. The molecule has 2 aromatic rings. The Labute approximate surface area is 96.6 Å². The van der Waals surface area contributed by atoms with E-state index in [-0.39, 0.29) is 0 Å². The molecule has 0 saturated carbocycles. The van der Waals surface area contributed by atoms with Crippen LogP contribution in [0.15, 0.2) is 41.6 Å². The molecule has 0 aliphatic heterocycles. The quantitative estimate of drug-likeness (QED) is 0.849. The van der Waals surface area contributed by atoms with E-state index >= 15 is 0 Å². The molecule has 0 aliphatic rings. The topological polar surface area (TPSA) is 57.8 Å². The van der Waals surface area contributed by atoms with Crippen molar-refractivity contribution in [2.45, 2.75) is 11.4 Å². The van der Waals surface area contributed by atoms with Gasteiger partial charge in [0.15, 0.2) is 0 Å². The minimum Gasteiger partial charge on any atom is -0.378 e. The summed E-state index contributed by atoms with van der Waals surface area (Å²) in [4.78, 5) is 7.95. The fraction of sp³-hybridized carbons (Fsp3) is 0.182. The first-order chi connectivity index (χ1) is 7.75. The molecule has 0 spiro atoms. The van der Waals surface area contributed by atoms with Crippen LogP contribution in [-0.2, 0) is 17.3 Å². The lowest BCUT2D eigenvalue weighted by Gasteiger charge is -2.05. The molecule has 2 rings (SSSR count). The normalized spacial score (nSPS) is 12.3. The van der Waals surface area contributed by atoms with Gasteiger partial charge in [-0.1, -0.05) is 6.07 Å². The van der Waals surface area contributed by atoms with Crippen LogP contribution in [-0.4, -0.2) is 20.4 Å². The second-order valence-corrected chi connectivity index (χ2v) is 4.75. The fourth-order valence-corrected chi connectivity index (χ4v) is 1.93. The fourth-order valence-electron chi connectivity index (χ4n) is 1.37. The first-order valence-corrected chi connectivity index (χ1v) is 6.47. The van der Waals surface area contributed by atoms with Crippen LogP contribution in [0, 0.1) is 0 Å². The first-order valence-electron chi connectivity index (χ1n) is 4.91. The summed E-state index contributed by atoms with van der Waals surface area (Å²) < 4.78 is 11.3. The van der Waals surface area contributed by atoms with Crippen molar-refractivity contribution >= 4 is 16.5 Å². The number of aromatic amines is 1. The standard InChI is InChI=1S/C11H13N3OS/c1-16(15)10-4-2-3-9(7-10)14-8-11-12-5-6-13-11/h2-7,14H,8H2,1H3,(H,12,13). The van der Waals surface area contributed by atoms with E-state index in [1.807, 2.05) is 24.3 Å². The Morgan fingerprint density at radius 1 is 1.50 bits per heavy atom. The Hall–Kier alpha value is -1.62. The highest BCUT2D eigenvalue weighted by Crippen LogP contribution is 2.13. The number of rotatable bonds is 4. The summed E-state index contributed by atoms with van der Waals surface area (Å²) >= 11 is 0. The third-order valence-electron chi connectivity index (χ3n) is 2.18. The van der Waals surface area contributed by atoms with Gasteiger partial charge in [0.2, 0.25) is 0 Å². The molecule has 1 unspecified atom stereocenters. The maximum atomic E-state index is 11.3. The van der Waals surface area contributed by atoms with Crippen LogP contribution in [0.5, 0.6) is 0 Å². The third-order valence-corrected chi connectivity index (χ3v) is 3.10. The molecule has 0 fully saturated rings. The molecule has 0 bridgehead atoms. The van der Waals surface area contributed by atoms with Gasteiger partial charge in [0.05, 0.1) is 6.54 Å². The summed E-state index contributed by atoms with van der Waals surface area (Å²) in [5.74, 6) is 0.878. The van der Waals surface area contributed by atoms with Crippen molar-refractivity contribution in [2.75, 3.05) is 11.6 Å². The number of anilines is 1. The van der Waals surface area contributed by atoms with Crippen molar-refractivity contribution < 1.29 is 4.21 Å². The average molecular weight is 235 g/mol. The van der Waals surface area contributed by atoms with E-state index in [1.54, 1.807) is 18.6 Å². The highest BCUT2D eigenvalue weighted by atomic mass is 32.2. The highest BCUT2D eigenvalue weighted by molar-refractivity contribution is 7.84. The smallest absolute Gasteiger partial charge is 0.125 e. The van der Waals surface area contributed by atoms with Gasteiger partial charge in [-0.25, -0.2) is 4.98 Å². The second-order valence-electron chi connectivity index (χ2n) is 3.37. The molecular formula is C11H13N3OS. The third kappa shape index (κ3) is 2.70. The number of nitrogens with one attached hydrogen (secondary N) is 2. The van der Waals surface area contributed by atoms with Gasteiger partial charge in [0.1, 0.15) is 5.82 Å². The lowest BCUT2D eigenvalue weighted by atomic mass is 10.3. The zero-order valence-corrected chi connectivity index (χ0v) is 9.75. The second kappa shape index (κ2) is 4.94. The van der Waals surface area contributed by atoms with Crippen molar-refractivity contribution in [1.29, 1.82) is 0 Å². The maximum absolute atomic E-state index is 11.3. The predicted octanol–water partition coefficient (Wildman–Crippen LogP) is 1.76. The summed E-state index contributed by atoms with van der Waals surface area (Å²) in [5, 5.41) is 3.21. The first kappa shape index (κ1) is 10.9. The number of aromatic nitrogens is 2. The van der Waals surface area contributed by atoms with Gasteiger partial charge in [0.25, 0.3) is 0 Å². The molecule has 4 nitrogen and oxygen atoms in total. The van der Waals surface area contributed by atoms with E-state index in [1.165, 1.54) is 0 Å². The number of benzene rings is 1. The number of H-pyrrole nitrogens is 1. The van der Waals surface area contributed by atoms with Gasteiger partial charge in [0, 0.05) is 40.0 Å². The minimum absolute atomic E-state index is 0.632. The summed E-state index contributed by atoms with van der Waals surface area (Å²) in [6.07, 6.45) is 5.18.